The van der Waals surface area contributed by atoms with E-state index in [0.717, 1.165) is 23.7 Å². The Balaban J connectivity index is 1.64. The van der Waals surface area contributed by atoms with E-state index in [4.69, 9.17) is 16.3 Å². The summed E-state index contributed by atoms with van der Waals surface area (Å²) in [5.74, 6) is 0.0822. The summed E-state index contributed by atoms with van der Waals surface area (Å²) in [6.07, 6.45) is 0.903. The van der Waals surface area contributed by atoms with Crippen LogP contribution in [0.3, 0.4) is 0 Å². The van der Waals surface area contributed by atoms with Crippen LogP contribution in [0.2, 0.25) is 5.02 Å². The summed E-state index contributed by atoms with van der Waals surface area (Å²) in [5.41, 5.74) is 1.90. The largest absolute Gasteiger partial charge is 0.477 e. The number of carbonyl (C=O) groups is 2. The van der Waals surface area contributed by atoms with Crippen molar-refractivity contribution in [2.75, 3.05) is 11.4 Å². The standard InChI is InChI=1S/C23H24ClN3O3/c1-3-16(4-2)25-22(28)21-13-27(19-7-5-6-8-20(19)30-21)23(29)18-12-14-11-15(24)9-10-17(14)26-18/h5-12,16,21,26H,3-4,13H2,1-2H3,(H,25,28). The van der Waals surface area contributed by atoms with E-state index in [0.29, 0.717) is 22.2 Å². The maximum atomic E-state index is 13.4. The molecule has 0 radical (unpaired) electrons. The molecule has 0 fully saturated rings. The van der Waals surface area contributed by atoms with Gasteiger partial charge < -0.3 is 15.0 Å². The molecule has 0 spiro atoms. The lowest BCUT2D eigenvalue weighted by Crippen LogP contribution is -2.52. The van der Waals surface area contributed by atoms with Crippen molar-refractivity contribution in [2.45, 2.75) is 38.8 Å². The molecule has 0 saturated carbocycles. The summed E-state index contributed by atoms with van der Waals surface area (Å²) >= 11 is 6.07. The van der Waals surface area contributed by atoms with E-state index in [2.05, 4.69) is 10.3 Å². The molecule has 0 bridgehead atoms. The maximum absolute atomic E-state index is 13.4. The van der Waals surface area contributed by atoms with Crippen LogP contribution in [-0.4, -0.2) is 35.5 Å². The van der Waals surface area contributed by atoms with E-state index in [1.54, 1.807) is 23.1 Å². The Hall–Kier alpha value is -2.99. The maximum Gasteiger partial charge on any atom is 0.274 e. The van der Waals surface area contributed by atoms with Crippen LogP contribution >= 0.6 is 11.6 Å². The molecule has 1 unspecified atom stereocenters. The van der Waals surface area contributed by atoms with Crippen molar-refractivity contribution in [3.63, 3.8) is 0 Å². The third-order valence-electron chi connectivity index (χ3n) is 5.46. The third kappa shape index (κ3) is 3.87. The average molecular weight is 426 g/mol. The second-order valence-electron chi connectivity index (χ2n) is 7.43. The molecule has 7 heteroatoms. The zero-order valence-corrected chi connectivity index (χ0v) is 17.7. The van der Waals surface area contributed by atoms with E-state index in [1.165, 1.54) is 0 Å². The molecule has 1 aromatic heterocycles. The van der Waals surface area contributed by atoms with Crippen LogP contribution in [0.25, 0.3) is 10.9 Å². The summed E-state index contributed by atoms with van der Waals surface area (Å²) in [7, 11) is 0. The molecule has 2 N–H and O–H groups in total. The third-order valence-corrected chi connectivity index (χ3v) is 5.69. The summed E-state index contributed by atoms with van der Waals surface area (Å²) in [4.78, 5) is 31.0. The SMILES string of the molecule is CCC(CC)NC(=O)C1CN(C(=O)c2cc3cc(Cl)ccc3[nH]2)c2ccccc2O1. The van der Waals surface area contributed by atoms with E-state index in [1.807, 2.05) is 44.2 Å². The minimum absolute atomic E-state index is 0.0841. The van der Waals surface area contributed by atoms with Gasteiger partial charge in [-0.25, -0.2) is 0 Å². The molecule has 0 saturated heterocycles. The highest BCUT2D eigenvalue weighted by Crippen LogP contribution is 2.34. The molecule has 0 aliphatic carbocycles. The van der Waals surface area contributed by atoms with E-state index in [9.17, 15) is 9.59 Å². The van der Waals surface area contributed by atoms with Gasteiger partial charge in [0.05, 0.1) is 12.2 Å². The predicted octanol–water partition coefficient (Wildman–Crippen LogP) is 4.53. The van der Waals surface area contributed by atoms with Crippen LogP contribution in [0.1, 0.15) is 37.2 Å². The highest BCUT2D eigenvalue weighted by Gasteiger charge is 2.35. The average Bonchev–Trinajstić information content (AvgIpc) is 3.19. The Labute approximate surface area is 180 Å². The first-order valence-electron chi connectivity index (χ1n) is 10.2. The highest BCUT2D eigenvalue weighted by molar-refractivity contribution is 6.31. The van der Waals surface area contributed by atoms with Gasteiger partial charge >= 0.3 is 0 Å². The van der Waals surface area contributed by atoms with Crippen LogP contribution in [0.4, 0.5) is 5.69 Å². The number of benzene rings is 2. The van der Waals surface area contributed by atoms with Crippen molar-refractivity contribution < 1.29 is 14.3 Å². The molecule has 2 amide bonds. The summed E-state index contributed by atoms with van der Waals surface area (Å²) < 4.78 is 5.94. The predicted molar refractivity (Wildman–Crippen MR) is 118 cm³/mol. The van der Waals surface area contributed by atoms with Gasteiger partial charge in [0.2, 0.25) is 0 Å². The summed E-state index contributed by atoms with van der Waals surface area (Å²) in [6.45, 7) is 4.20. The fraction of sp³-hybridized carbons (Fsp3) is 0.304. The Morgan fingerprint density at radius 3 is 2.73 bits per heavy atom. The van der Waals surface area contributed by atoms with Crippen molar-refractivity contribution in [1.82, 2.24) is 10.3 Å². The lowest BCUT2D eigenvalue weighted by Gasteiger charge is -2.34. The molecule has 2 aromatic carbocycles. The lowest BCUT2D eigenvalue weighted by atomic mass is 10.1. The van der Waals surface area contributed by atoms with Crippen molar-refractivity contribution in [1.29, 1.82) is 0 Å². The molecule has 3 aromatic rings. The van der Waals surface area contributed by atoms with Crippen LogP contribution in [0.15, 0.2) is 48.5 Å². The number of para-hydroxylation sites is 2. The Kier molecular flexibility index (Phi) is 5.68. The molecule has 6 nitrogen and oxygen atoms in total. The number of nitrogens with one attached hydrogen (secondary N) is 2. The van der Waals surface area contributed by atoms with Crippen molar-refractivity contribution >= 4 is 40.0 Å². The van der Waals surface area contributed by atoms with Gasteiger partial charge in [0.25, 0.3) is 11.8 Å². The molecule has 30 heavy (non-hydrogen) atoms. The number of aromatic nitrogens is 1. The van der Waals surface area contributed by atoms with E-state index in [-0.39, 0.29) is 24.4 Å². The number of hydrogen-bond acceptors (Lipinski definition) is 3. The minimum Gasteiger partial charge on any atom is -0.477 e. The molecular formula is C23H24ClN3O3. The molecule has 1 atom stereocenters. The number of amides is 2. The number of carbonyl (C=O) groups excluding carboxylic acids is 2. The first-order chi connectivity index (χ1) is 14.5. The first-order valence-corrected chi connectivity index (χ1v) is 10.5. The van der Waals surface area contributed by atoms with Crippen molar-refractivity contribution in [3.8, 4) is 5.75 Å². The Morgan fingerprint density at radius 2 is 1.97 bits per heavy atom. The smallest absolute Gasteiger partial charge is 0.274 e. The quantitative estimate of drug-likeness (QED) is 0.630. The van der Waals surface area contributed by atoms with E-state index >= 15 is 0 Å². The molecular weight excluding hydrogens is 402 g/mol. The molecule has 4 rings (SSSR count). The second-order valence-corrected chi connectivity index (χ2v) is 7.86. The number of fused-ring (bicyclic) bond motifs is 2. The number of rotatable bonds is 5. The number of anilines is 1. The van der Waals surface area contributed by atoms with Crippen LogP contribution in [0.5, 0.6) is 5.75 Å². The molecule has 1 aliphatic heterocycles. The zero-order valence-electron chi connectivity index (χ0n) is 16.9. The van der Waals surface area contributed by atoms with Crippen molar-refractivity contribution in [2.24, 2.45) is 0 Å². The Morgan fingerprint density at radius 1 is 1.20 bits per heavy atom. The first kappa shape index (κ1) is 20.3. The summed E-state index contributed by atoms with van der Waals surface area (Å²) in [5, 5.41) is 4.48. The number of ether oxygens (including phenoxy) is 1. The van der Waals surface area contributed by atoms with Gasteiger partial charge in [0.15, 0.2) is 6.10 Å². The lowest BCUT2D eigenvalue weighted by molar-refractivity contribution is -0.128. The van der Waals surface area contributed by atoms with Gasteiger partial charge in [-0.15, -0.1) is 0 Å². The Bertz CT molecular complexity index is 1090. The second kappa shape index (κ2) is 8.40. The minimum atomic E-state index is -0.775. The number of halogens is 1. The van der Waals surface area contributed by atoms with Gasteiger partial charge in [-0.1, -0.05) is 37.6 Å². The summed E-state index contributed by atoms with van der Waals surface area (Å²) in [6, 6.07) is 14.6. The molecule has 156 valence electrons. The normalized spacial score (nSPS) is 15.7. The molecule has 2 heterocycles. The van der Waals surface area contributed by atoms with Gasteiger partial charge in [-0.3, -0.25) is 14.5 Å². The van der Waals surface area contributed by atoms with Crippen LogP contribution in [0, 0.1) is 0 Å². The fourth-order valence-electron chi connectivity index (χ4n) is 3.71. The van der Waals surface area contributed by atoms with Crippen LogP contribution < -0.4 is 15.0 Å². The van der Waals surface area contributed by atoms with Gasteiger partial charge in [0, 0.05) is 22.0 Å². The number of aromatic amines is 1. The van der Waals surface area contributed by atoms with Gasteiger partial charge in [0.1, 0.15) is 11.4 Å². The van der Waals surface area contributed by atoms with E-state index < -0.39 is 6.10 Å². The number of nitrogens with zero attached hydrogens (tertiary/aromatic N) is 1. The highest BCUT2D eigenvalue weighted by atomic mass is 35.5. The number of H-pyrrole nitrogens is 1. The van der Waals surface area contributed by atoms with Gasteiger partial charge in [-0.05, 0) is 49.2 Å². The van der Waals surface area contributed by atoms with Gasteiger partial charge in [-0.2, -0.15) is 0 Å². The number of hydrogen-bond donors (Lipinski definition) is 2. The van der Waals surface area contributed by atoms with Crippen LogP contribution in [-0.2, 0) is 4.79 Å². The monoisotopic (exact) mass is 425 g/mol. The zero-order chi connectivity index (χ0) is 21.3. The topological polar surface area (TPSA) is 74.4 Å². The molecule has 1 aliphatic rings. The van der Waals surface area contributed by atoms with Crippen molar-refractivity contribution in [3.05, 3.63) is 59.2 Å². The fourth-order valence-corrected chi connectivity index (χ4v) is 3.89.